The van der Waals surface area contributed by atoms with Crippen molar-refractivity contribution < 1.29 is 9.84 Å². The summed E-state index contributed by atoms with van der Waals surface area (Å²) in [6.07, 6.45) is 0.737. The molecule has 0 spiro atoms. The first-order valence-electron chi connectivity index (χ1n) is 5.65. The molecule has 0 heterocycles. The first kappa shape index (κ1) is 14.5. The minimum Gasteiger partial charge on any atom is -0.394 e. The van der Waals surface area contributed by atoms with Crippen LogP contribution in [0, 0.1) is 0 Å². The number of aliphatic hydroxyl groups is 1. The molecule has 0 amide bonds. The standard InChI is InChI=1S/C13H20BrNO2/c1-13(2,17-3)8-10(9-16)15-12-7-5-4-6-11(12)14/h4-7,10,15-16H,8-9H2,1-3H3. The largest absolute Gasteiger partial charge is 0.394 e. The van der Waals surface area contributed by atoms with Gasteiger partial charge in [0.05, 0.1) is 18.2 Å². The number of methoxy groups -OCH3 is 1. The Morgan fingerprint density at radius 2 is 2.06 bits per heavy atom. The Bertz CT molecular complexity index is 355. The predicted molar refractivity (Wildman–Crippen MR) is 74.3 cm³/mol. The number of rotatable bonds is 6. The number of halogens is 1. The average Bonchev–Trinajstić information content (AvgIpc) is 2.31. The van der Waals surface area contributed by atoms with Crippen LogP contribution in [0.5, 0.6) is 0 Å². The van der Waals surface area contributed by atoms with E-state index in [2.05, 4.69) is 21.2 Å². The monoisotopic (exact) mass is 301 g/mol. The van der Waals surface area contributed by atoms with Crippen LogP contribution in [0.25, 0.3) is 0 Å². The molecule has 0 bridgehead atoms. The van der Waals surface area contributed by atoms with Crippen molar-refractivity contribution in [1.82, 2.24) is 0 Å². The van der Waals surface area contributed by atoms with E-state index < -0.39 is 0 Å². The summed E-state index contributed by atoms with van der Waals surface area (Å²) in [5, 5.41) is 12.7. The zero-order valence-corrected chi connectivity index (χ0v) is 12.1. The molecule has 0 aliphatic rings. The fourth-order valence-corrected chi connectivity index (χ4v) is 2.04. The number of para-hydroxylation sites is 1. The summed E-state index contributed by atoms with van der Waals surface area (Å²) in [6.45, 7) is 4.10. The van der Waals surface area contributed by atoms with Crippen LogP contribution >= 0.6 is 15.9 Å². The highest BCUT2D eigenvalue weighted by Gasteiger charge is 2.22. The van der Waals surface area contributed by atoms with Crippen LogP contribution in [0.15, 0.2) is 28.7 Å². The Hall–Kier alpha value is -0.580. The van der Waals surface area contributed by atoms with Crippen LogP contribution < -0.4 is 5.32 Å². The maximum absolute atomic E-state index is 9.40. The topological polar surface area (TPSA) is 41.5 Å². The molecule has 0 saturated heterocycles. The van der Waals surface area contributed by atoms with E-state index in [1.165, 1.54) is 0 Å². The van der Waals surface area contributed by atoms with Crippen molar-refractivity contribution in [2.75, 3.05) is 19.0 Å². The Morgan fingerprint density at radius 3 is 2.59 bits per heavy atom. The number of aliphatic hydroxyl groups excluding tert-OH is 1. The second-order valence-electron chi connectivity index (χ2n) is 4.67. The number of nitrogens with one attached hydrogen (secondary N) is 1. The predicted octanol–water partition coefficient (Wildman–Crippen LogP) is 3.04. The molecule has 1 aromatic rings. The van der Waals surface area contributed by atoms with Crippen LogP contribution in [0.4, 0.5) is 5.69 Å². The van der Waals surface area contributed by atoms with Gasteiger partial charge in [-0.15, -0.1) is 0 Å². The van der Waals surface area contributed by atoms with Gasteiger partial charge in [0.15, 0.2) is 0 Å². The normalized spacial score (nSPS) is 13.5. The molecule has 0 radical (unpaired) electrons. The Morgan fingerprint density at radius 1 is 1.41 bits per heavy atom. The summed E-state index contributed by atoms with van der Waals surface area (Å²) in [6, 6.07) is 7.85. The van der Waals surface area contributed by atoms with Gasteiger partial charge in [-0.25, -0.2) is 0 Å². The lowest BCUT2D eigenvalue weighted by Crippen LogP contribution is -2.35. The molecule has 0 saturated carbocycles. The van der Waals surface area contributed by atoms with Gasteiger partial charge in [0, 0.05) is 17.3 Å². The van der Waals surface area contributed by atoms with Crippen LogP contribution in [-0.4, -0.2) is 30.5 Å². The molecule has 0 aliphatic carbocycles. The van der Waals surface area contributed by atoms with Crippen molar-refractivity contribution in [3.63, 3.8) is 0 Å². The van der Waals surface area contributed by atoms with Gasteiger partial charge in [-0.1, -0.05) is 12.1 Å². The molecular weight excluding hydrogens is 282 g/mol. The van der Waals surface area contributed by atoms with Gasteiger partial charge in [-0.3, -0.25) is 0 Å². The van der Waals surface area contributed by atoms with Crippen molar-refractivity contribution in [3.05, 3.63) is 28.7 Å². The lowest BCUT2D eigenvalue weighted by Gasteiger charge is -2.29. The molecule has 2 N–H and O–H groups in total. The quantitative estimate of drug-likeness (QED) is 0.848. The van der Waals surface area contributed by atoms with Gasteiger partial charge >= 0.3 is 0 Å². The van der Waals surface area contributed by atoms with Gasteiger partial charge < -0.3 is 15.2 Å². The van der Waals surface area contributed by atoms with Gasteiger partial charge in [-0.2, -0.15) is 0 Å². The van der Waals surface area contributed by atoms with E-state index in [4.69, 9.17) is 4.74 Å². The fraction of sp³-hybridized carbons (Fsp3) is 0.538. The van der Waals surface area contributed by atoms with E-state index in [1.54, 1.807) is 7.11 Å². The molecule has 1 unspecified atom stereocenters. The van der Waals surface area contributed by atoms with E-state index in [9.17, 15) is 5.11 Å². The fourth-order valence-electron chi connectivity index (χ4n) is 1.64. The first-order valence-corrected chi connectivity index (χ1v) is 6.45. The summed E-state index contributed by atoms with van der Waals surface area (Å²) in [5.41, 5.74) is 0.736. The third-order valence-electron chi connectivity index (χ3n) is 2.74. The second kappa shape index (κ2) is 6.38. The number of hydrogen-bond donors (Lipinski definition) is 2. The number of benzene rings is 1. The molecule has 0 aliphatic heterocycles. The van der Waals surface area contributed by atoms with E-state index in [-0.39, 0.29) is 18.2 Å². The molecule has 1 rings (SSSR count). The van der Waals surface area contributed by atoms with Crippen LogP contribution in [-0.2, 0) is 4.74 Å². The number of hydrogen-bond acceptors (Lipinski definition) is 3. The Labute approximate surface area is 111 Å². The van der Waals surface area contributed by atoms with Gasteiger partial charge in [0.25, 0.3) is 0 Å². The smallest absolute Gasteiger partial charge is 0.0643 e. The molecule has 1 atom stereocenters. The van der Waals surface area contributed by atoms with Crippen molar-refractivity contribution >= 4 is 21.6 Å². The third-order valence-corrected chi connectivity index (χ3v) is 3.44. The summed E-state index contributed by atoms with van der Waals surface area (Å²) >= 11 is 3.48. The van der Waals surface area contributed by atoms with Crippen molar-refractivity contribution in [2.45, 2.75) is 31.9 Å². The zero-order valence-electron chi connectivity index (χ0n) is 10.5. The molecule has 0 fully saturated rings. The Balaban J connectivity index is 2.68. The highest BCUT2D eigenvalue weighted by atomic mass is 79.9. The summed E-state index contributed by atoms with van der Waals surface area (Å²) in [4.78, 5) is 0. The minimum atomic E-state index is -0.248. The van der Waals surface area contributed by atoms with Gasteiger partial charge in [0.1, 0.15) is 0 Å². The first-order chi connectivity index (χ1) is 7.98. The van der Waals surface area contributed by atoms with E-state index in [0.717, 1.165) is 16.6 Å². The lowest BCUT2D eigenvalue weighted by molar-refractivity contribution is 0.00748. The SMILES string of the molecule is COC(C)(C)CC(CO)Nc1ccccc1Br. The molecule has 0 aromatic heterocycles. The lowest BCUT2D eigenvalue weighted by atomic mass is 9.99. The molecule has 96 valence electrons. The van der Waals surface area contributed by atoms with Crippen LogP contribution in [0.2, 0.25) is 0 Å². The zero-order chi connectivity index (χ0) is 12.9. The van der Waals surface area contributed by atoms with E-state index in [1.807, 2.05) is 38.1 Å². The van der Waals surface area contributed by atoms with Crippen LogP contribution in [0.1, 0.15) is 20.3 Å². The van der Waals surface area contributed by atoms with E-state index in [0.29, 0.717) is 0 Å². The average molecular weight is 302 g/mol. The molecule has 4 heteroatoms. The summed E-state index contributed by atoms with van der Waals surface area (Å²) < 4.78 is 6.37. The van der Waals surface area contributed by atoms with Crippen molar-refractivity contribution in [3.8, 4) is 0 Å². The minimum absolute atomic E-state index is 0.0244. The van der Waals surface area contributed by atoms with Gasteiger partial charge in [0.2, 0.25) is 0 Å². The van der Waals surface area contributed by atoms with E-state index >= 15 is 0 Å². The highest BCUT2D eigenvalue weighted by molar-refractivity contribution is 9.10. The molecular formula is C13H20BrNO2. The number of ether oxygens (including phenoxy) is 1. The van der Waals surface area contributed by atoms with Gasteiger partial charge in [-0.05, 0) is 48.3 Å². The summed E-state index contributed by atoms with van der Waals surface area (Å²) in [7, 11) is 1.69. The maximum atomic E-state index is 9.40. The molecule has 1 aromatic carbocycles. The van der Waals surface area contributed by atoms with Crippen molar-refractivity contribution in [2.24, 2.45) is 0 Å². The van der Waals surface area contributed by atoms with Crippen molar-refractivity contribution in [1.29, 1.82) is 0 Å². The Kier molecular flexibility index (Phi) is 5.43. The summed E-state index contributed by atoms with van der Waals surface area (Å²) in [5.74, 6) is 0. The maximum Gasteiger partial charge on any atom is 0.0643 e. The van der Waals surface area contributed by atoms with Crippen LogP contribution in [0.3, 0.4) is 0 Å². The second-order valence-corrected chi connectivity index (χ2v) is 5.53. The highest BCUT2D eigenvalue weighted by Crippen LogP contribution is 2.24. The molecule has 3 nitrogen and oxygen atoms in total. The number of anilines is 1. The molecule has 17 heavy (non-hydrogen) atoms. The third kappa shape index (κ3) is 4.66.